The zero-order valence-electron chi connectivity index (χ0n) is 19.3. The van der Waals surface area contributed by atoms with Gasteiger partial charge in [-0.25, -0.2) is 8.42 Å². The summed E-state index contributed by atoms with van der Waals surface area (Å²) in [6, 6.07) is 15.5. The molecule has 0 spiro atoms. The molecule has 0 saturated heterocycles. The molecule has 1 atom stereocenters. The van der Waals surface area contributed by atoms with Crippen LogP contribution in [0.2, 0.25) is 0 Å². The van der Waals surface area contributed by atoms with Gasteiger partial charge in [-0.1, -0.05) is 62.7 Å². The summed E-state index contributed by atoms with van der Waals surface area (Å²) in [5.41, 5.74) is 1.23. The lowest BCUT2D eigenvalue weighted by molar-refractivity contribution is -0.140. The lowest BCUT2D eigenvalue weighted by atomic mass is 10.1. The second kappa shape index (κ2) is 12.7. The lowest BCUT2D eigenvalue weighted by Gasteiger charge is -2.33. The van der Waals surface area contributed by atoms with E-state index >= 15 is 0 Å². The third kappa shape index (κ3) is 7.85. The van der Waals surface area contributed by atoms with Crippen molar-refractivity contribution < 1.29 is 18.0 Å². The molecule has 9 heteroatoms. The van der Waals surface area contributed by atoms with Crippen molar-refractivity contribution >= 4 is 43.5 Å². The summed E-state index contributed by atoms with van der Waals surface area (Å²) in [6.07, 6.45) is 3.26. The Bertz CT molecular complexity index is 1030. The summed E-state index contributed by atoms with van der Waals surface area (Å²) >= 11 is 3.38. The highest BCUT2D eigenvalue weighted by molar-refractivity contribution is 9.10. The highest BCUT2D eigenvalue weighted by Crippen LogP contribution is 2.28. The van der Waals surface area contributed by atoms with E-state index in [1.807, 2.05) is 44.2 Å². The fourth-order valence-electron chi connectivity index (χ4n) is 3.45. The fourth-order valence-corrected chi connectivity index (χ4v) is 4.93. The number of para-hydroxylation sites is 1. The van der Waals surface area contributed by atoms with Crippen molar-refractivity contribution in [1.29, 1.82) is 0 Å². The van der Waals surface area contributed by atoms with Crippen LogP contribution >= 0.6 is 15.9 Å². The number of carbonyl (C=O) groups is 2. The number of sulfonamides is 1. The van der Waals surface area contributed by atoms with Crippen molar-refractivity contribution in [3.8, 4) is 0 Å². The molecule has 2 amide bonds. The normalized spacial score (nSPS) is 12.1. The summed E-state index contributed by atoms with van der Waals surface area (Å²) in [7, 11) is -3.76. The van der Waals surface area contributed by atoms with Crippen LogP contribution in [0.1, 0.15) is 38.7 Å². The van der Waals surface area contributed by atoms with Gasteiger partial charge < -0.3 is 10.2 Å². The quantitative estimate of drug-likeness (QED) is 0.415. The molecule has 0 aliphatic rings. The first-order valence-corrected chi connectivity index (χ1v) is 13.7. The third-order valence-corrected chi connectivity index (χ3v) is 7.01. The molecule has 180 valence electrons. The maximum absolute atomic E-state index is 13.5. The number of hydrogen-bond acceptors (Lipinski definition) is 4. The van der Waals surface area contributed by atoms with E-state index in [2.05, 4.69) is 21.2 Å². The maximum atomic E-state index is 13.5. The Morgan fingerprint density at radius 3 is 2.24 bits per heavy atom. The average molecular weight is 539 g/mol. The van der Waals surface area contributed by atoms with Gasteiger partial charge in [0, 0.05) is 17.6 Å². The molecule has 7 nitrogen and oxygen atoms in total. The third-order valence-electron chi connectivity index (χ3n) is 5.21. The van der Waals surface area contributed by atoms with Crippen LogP contribution in [0.4, 0.5) is 5.69 Å². The van der Waals surface area contributed by atoms with E-state index in [1.54, 1.807) is 24.3 Å². The fraction of sp³-hybridized carbons (Fsp3) is 0.417. The minimum absolute atomic E-state index is 0.201. The number of carbonyl (C=O) groups excluding carboxylic acids is 2. The first kappa shape index (κ1) is 26.9. The number of nitrogens with zero attached hydrogens (tertiary/aromatic N) is 2. The molecular formula is C24H32BrN3O4S. The van der Waals surface area contributed by atoms with Crippen LogP contribution in [0.15, 0.2) is 59.1 Å². The van der Waals surface area contributed by atoms with Gasteiger partial charge in [-0.3, -0.25) is 13.9 Å². The molecule has 2 aromatic rings. The van der Waals surface area contributed by atoms with Crippen molar-refractivity contribution in [2.45, 2.75) is 45.7 Å². The van der Waals surface area contributed by atoms with Crippen molar-refractivity contribution in [2.24, 2.45) is 0 Å². The minimum atomic E-state index is -3.76. The van der Waals surface area contributed by atoms with Crippen molar-refractivity contribution in [1.82, 2.24) is 10.2 Å². The summed E-state index contributed by atoms with van der Waals surface area (Å²) in [6.45, 7) is 4.21. The van der Waals surface area contributed by atoms with Crippen LogP contribution in [0.25, 0.3) is 0 Å². The molecule has 2 rings (SSSR count). The second-order valence-electron chi connectivity index (χ2n) is 7.80. The minimum Gasteiger partial charge on any atom is -0.354 e. The number of nitrogens with one attached hydrogen (secondary N) is 1. The van der Waals surface area contributed by atoms with Gasteiger partial charge in [-0.05, 0) is 46.5 Å². The summed E-state index contributed by atoms with van der Waals surface area (Å²) < 4.78 is 26.8. The molecule has 0 aromatic heterocycles. The highest BCUT2D eigenvalue weighted by atomic mass is 79.9. The van der Waals surface area contributed by atoms with E-state index in [1.165, 1.54) is 4.90 Å². The van der Waals surface area contributed by atoms with Gasteiger partial charge in [-0.15, -0.1) is 0 Å². The predicted molar refractivity (Wildman–Crippen MR) is 135 cm³/mol. The molecular weight excluding hydrogens is 506 g/mol. The van der Waals surface area contributed by atoms with E-state index < -0.39 is 28.5 Å². The van der Waals surface area contributed by atoms with E-state index in [4.69, 9.17) is 0 Å². The summed E-state index contributed by atoms with van der Waals surface area (Å²) in [4.78, 5) is 28.0. The predicted octanol–water partition coefficient (Wildman–Crippen LogP) is 3.94. The van der Waals surface area contributed by atoms with E-state index in [9.17, 15) is 18.0 Å². The number of unbranched alkanes of at least 4 members (excludes halogenated alkanes) is 1. The van der Waals surface area contributed by atoms with Gasteiger partial charge in [0.05, 0.1) is 11.9 Å². The zero-order valence-corrected chi connectivity index (χ0v) is 21.7. The molecule has 0 saturated carbocycles. The van der Waals surface area contributed by atoms with Gasteiger partial charge >= 0.3 is 0 Å². The standard InChI is InChI=1S/C24H32BrN3O4S/c1-4-6-16-26-24(30)21(5-2)27(17-19-12-8-7-9-13-19)23(29)18-28(33(3,31)32)22-15-11-10-14-20(22)25/h7-15,21H,4-6,16-18H2,1-3H3,(H,26,30). The molecule has 0 aliphatic carbocycles. The second-order valence-corrected chi connectivity index (χ2v) is 10.6. The van der Waals surface area contributed by atoms with Crippen LogP contribution in [0.5, 0.6) is 0 Å². The summed E-state index contributed by atoms with van der Waals surface area (Å²) in [5.74, 6) is -0.681. The topological polar surface area (TPSA) is 86.8 Å². The molecule has 1 N–H and O–H groups in total. The smallest absolute Gasteiger partial charge is 0.244 e. The SMILES string of the molecule is CCCCNC(=O)C(CC)N(Cc1ccccc1)C(=O)CN(c1ccccc1Br)S(C)(=O)=O. The van der Waals surface area contributed by atoms with Gasteiger partial charge in [-0.2, -0.15) is 0 Å². The Morgan fingerprint density at radius 2 is 1.67 bits per heavy atom. The zero-order chi connectivity index (χ0) is 24.4. The van der Waals surface area contributed by atoms with Crippen LogP contribution in [0, 0.1) is 0 Å². The van der Waals surface area contributed by atoms with E-state index in [0.717, 1.165) is 29.0 Å². The van der Waals surface area contributed by atoms with Gasteiger partial charge in [0.2, 0.25) is 21.8 Å². The Morgan fingerprint density at radius 1 is 1.03 bits per heavy atom. The van der Waals surface area contributed by atoms with Crippen LogP contribution in [-0.2, 0) is 26.2 Å². The molecule has 0 bridgehead atoms. The monoisotopic (exact) mass is 537 g/mol. The largest absolute Gasteiger partial charge is 0.354 e. The number of hydrogen-bond donors (Lipinski definition) is 1. The Balaban J connectivity index is 2.38. The molecule has 0 fully saturated rings. The molecule has 0 heterocycles. The van der Waals surface area contributed by atoms with E-state index in [-0.39, 0.29) is 12.5 Å². The Labute approximate surface area is 205 Å². The van der Waals surface area contributed by atoms with E-state index in [0.29, 0.717) is 23.1 Å². The molecule has 2 aromatic carbocycles. The highest BCUT2D eigenvalue weighted by Gasteiger charge is 2.32. The van der Waals surface area contributed by atoms with Crippen molar-refractivity contribution in [3.63, 3.8) is 0 Å². The van der Waals surface area contributed by atoms with Crippen molar-refractivity contribution in [3.05, 3.63) is 64.6 Å². The molecule has 1 unspecified atom stereocenters. The molecule has 33 heavy (non-hydrogen) atoms. The molecule has 0 aliphatic heterocycles. The lowest BCUT2D eigenvalue weighted by Crippen LogP contribution is -2.52. The number of benzene rings is 2. The number of anilines is 1. The first-order valence-electron chi connectivity index (χ1n) is 11.0. The number of rotatable bonds is 12. The van der Waals surface area contributed by atoms with Crippen LogP contribution in [0.3, 0.4) is 0 Å². The maximum Gasteiger partial charge on any atom is 0.244 e. The Hall–Kier alpha value is -2.39. The van der Waals surface area contributed by atoms with Crippen molar-refractivity contribution in [2.75, 3.05) is 23.7 Å². The molecule has 0 radical (unpaired) electrons. The van der Waals surface area contributed by atoms with Gasteiger partial charge in [0.15, 0.2) is 0 Å². The number of amides is 2. The first-order chi connectivity index (χ1) is 15.7. The van der Waals surface area contributed by atoms with Gasteiger partial charge in [0.1, 0.15) is 12.6 Å². The van der Waals surface area contributed by atoms with Crippen LogP contribution < -0.4 is 9.62 Å². The average Bonchev–Trinajstić information content (AvgIpc) is 2.78. The van der Waals surface area contributed by atoms with Crippen LogP contribution in [-0.4, -0.2) is 50.5 Å². The summed E-state index contributed by atoms with van der Waals surface area (Å²) in [5, 5.41) is 2.91. The van der Waals surface area contributed by atoms with Gasteiger partial charge in [0.25, 0.3) is 0 Å². The Kier molecular flexibility index (Phi) is 10.4. The number of halogens is 1.